The Morgan fingerprint density at radius 3 is 2.00 bits per heavy atom. The van der Waals surface area contributed by atoms with Crippen LogP contribution in [-0.4, -0.2) is 28.5 Å². The molecule has 5 heteroatoms. The number of rotatable bonds is 4. The second-order valence-corrected chi connectivity index (χ2v) is 10.5. The van der Waals surface area contributed by atoms with E-state index in [2.05, 4.69) is 69.0 Å². The lowest BCUT2D eigenvalue weighted by Gasteiger charge is -2.30. The van der Waals surface area contributed by atoms with Crippen LogP contribution in [0.5, 0.6) is 0 Å². The fourth-order valence-electron chi connectivity index (χ4n) is 3.08. The van der Waals surface area contributed by atoms with Crippen LogP contribution in [-0.2, 0) is 11.8 Å². The summed E-state index contributed by atoms with van der Waals surface area (Å²) in [6.45, 7) is 4.19. The molecule has 124 valence electrons. The van der Waals surface area contributed by atoms with Gasteiger partial charge in [-0.25, -0.2) is 4.68 Å². The Kier molecular flexibility index (Phi) is 4.73. The second-order valence-electron chi connectivity index (χ2n) is 6.03. The van der Waals surface area contributed by atoms with Crippen molar-refractivity contribution in [2.24, 2.45) is 0 Å². The van der Waals surface area contributed by atoms with E-state index in [-0.39, 0.29) is 0 Å². The standard InChI is InChI=1S/C19H22N3PS/c1-15-19(16(2)22(20-15)17-11-7-5-8-12-17)23(24,21(3)4)18-13-9-6-10-14-18/h5-14H,1-4H3. The van der Waals surface area contributed by atoms with Gasteiger partial charge in [0.2, 0.25) is 0 Å². The van der Waals surface area contributed by atoms with Gasteiger partial charge in [0.15, 0.2) is 0 Å². The van der Waals surface area contributed by atoms with Gasteiger partial charge in [0.1, 0.15) is 0 Å². The van der Waals surface area contributed by atoms with Gasteiger partial charge in [0.25, 0.3) is 0 Å². The molecule has 0 radical (unpaired) electrons. The van der Waals surface area contributed by atoms with Gasteiger partial charge < -0.3 is 0 Å². The molecule has 24 heavy (non-hydrogen) atoms. The van der Waals surface area contributed by atoms with Crippen molar-refractivity contribution in [2.75, 3.05) is 14.1 Å². The van der Waals surface area contributed by atoms with Crippen LogP contribution in [0.1, 0.15) is 11.4 Å². The second kappa shape index (κ2) is 6.64. The van der Waals surface area contributed by atoms with Crippen molar-refractivity contribution in [3.8, 4) is 5.69 Å². The van der Waals surface area contributed by atoms with Crippen LogP contribution in [0.25, 0.3) is 5.69 Å². The molecule has 0 aliphatic carbocycles. The first-order chi connectivity index (χ1) is 11.5. The predicted molar refractivity (Wildman–Crippen MR) is 107 cm³/mol. The first-order valence-electron chi connectivity index (χ1n) is 7.92. The van der Waals surface area contributed by atoms with Gasteiger partial charge in [0.05, 0.1) is 23.3 Å². The van der Waals surface area contributed by atoms with Crippen molar-refractivity contribution in [1.82, 2.24) is 14.5 Å². The van der Waals surface area contributed by atoms with E-state index in [1.54, 1.807) is 0 Å². The summed E-state index contributed by atoms with van der Waals surface area (Å²) in [4.78, 5) is 0. The molecule has 1 atom stereocenters. The molecule has 1 aromatic heterocycles. The van der Waals surface area contributed by atoms with E-state index in [1.807, 2.05) is 28.9 Å². The Hall–Kier alpha value is -1.74. The zero-order valence-electron chi connectivity index (χ0n) is 14.5. The highest BCUT2D eigenvalue weighted by Gasteiger charge is 2.31. The first kappa shape index (κ1) is 17.1. The SMILES string of the molecule is Cc1nn(-c2ccccc2)c(C)c1P(=S)(c1ccccc1)N(C)C. The summed E-state index contributed by atoms with van der Waals surface area (Å²) in [5.74, 6) is 0. The lowest BCUT2D eigenvalue weighted by Crippen LogP contribution is -2.29. The summed E-state index contributed by atoms with van der Waals surface area (Å²) in [6.07, 6.45) is -2.09. The maximum atomic E-state index is 6.28. The van der Waals surface area contributed by atoms with E-state index in [1.165, 1.54) is 10.6 Å². The van der Waals surface area contributed by atoms with Crippen molar-refractivity contribution in [2.45, 2.75) is 13.8 Å². The minimum atomic E-state index is -2.09. The van der Waals surface area contributed by atoms with Gasteiger partial charge in [-0.05, 0) is 40.1 Å². The molecule has 0 aliphatic rings. The number of nitrogens with zero attached hydrogens (tertiary/aromatic N) is 3. The minimum Gasteiger partial charge on any atom is -0.274 e. The van der Waals surface area contributed by atoms with Crippen molar-refractivity contribution < 1.29 is 0 Å². The Morgan fingerprint density at radius 2 is 1.46 bits per heavy atom. The molecule has 0 fully saturated rings. The van der Waals surface area contributed by atoms with Gasteiger partial charge in [-0.3, -0.25) is 4.67 Å². The first-order valence-corrected chi connectivity index (χ1v) is 10.7. The van der Waals surface area contributed by atoms with Crippen LogP contribution < -0.4 is 10.6 Å². The molecular formula is C19H22N3PS. The van der Waals surface area contributed by atoms with E-state index in [0.717, 1.165) is 17.1 Å². The molecule has 1 unspecified atom stereocenters. The smallest absolute Gasteiger partial charge is 0.0741 e. The van der Waals surface area contributed by atoms with Crippen molar-refractivity contribution >= 4 is 28.6 Å². The van der Waals surface area contributed by atoms with Crippen molar-refractivity contribution in [3.05, 3.63) is 72.1 Å². The molecule has 0 aliphatic heterocycles. The zero-order chi connectivity index (χ0) is 17.3. The maximum absolute atomic E-state index is 6.28. The van der Waals surface area contributed by atoms with Gasteiger partial charge in [0, 0.05) is 10.6 Å². The van der Waals surface area contributed by atoms with E-state index < -0.39 is 6.19 Å². The summed E-state index contributed by atoms with van der Waals surface area (Å²) in [5, 5.41) is 7.20. The van der Waals surface area contributed by atoms with E-state index in [9.17, 15) is 0 Å². The number of hydrogen-bond acceptors (Lipinski definition) is 2. The number of hydrogen-bond donors (Lipinski definition) is 0. The van der Waals surface area contributed by atoms with Crippen LogP contribution in [0.2, 0.25) is 0 Å². The third-order valence-electron chi connectivity index (χ3n) is 4.23. The lowest BCUT2D eigenvalue weighted by molar-refractivity contribution is 0.687. The number of aromatic nitrogens is 2. The van der Waals surface area contributed by atoms with Crippen LogP contribution >= 0.6 is 6.19 Å². The molecular weight excluding hydrogens is 333 g/mol. The summed E-state index contributed by atoms with van der Waals surface area (Å²) >= 11 is 6.28. The largest absolute Gasteiger partial charge is 0.274 e. The fourth-order valence-corrected chi connectivity index (χ4v) is 6.95. The molecule has 0 saturated carbocycles. The fraction of sp³-hybridized carbons (Fsp3) is 0.211. The van der Waals surface area contributed by atoms with E-state index >= 15 is 0 Å². The molecule has 2 aromatic carbocycles. The summed E-state index contributed by atoms with van der Waals surface area (Å²) in [7, 11) is 4.15. The number of aryl methyl sites for hydroxylation is 1. The quantitative estimate of drug-likeness (QED) is 0.670. The van der Waals surface area contributed by atoms with Crippen molar-refractivity contribution in [3.63, 3.8) is 0 Å². The molecule has 0 spiro atoms. The minimum absolute atomic E-state index is 1.01. The summed E-state index contributed by atoms with van der Waals surface area (Å²) in [5.41, 5.74) is 3.20. The highest BCUT2D eigenvalue weighted by atomic mass is 32.4. The molecule has 0 N–H and O–H groups in total. The van der Waals surface area contributed by atoms with Gasteiger partial charge in [-0.1, -0.05) is 60.3 Å². The van der Waals surface area contributed by atoms with Crippen molar-refractivity contribution in [1.29, 1.82) is 0 Å². The van der Waals surface area contributed by atoms with Crippen LogP contribution in [0.15, 0.2) is 60.7 Å². The molecule has 0 amide bonds. The third-order valence-corrected chi connectivity index (χ3v) is 9.76. The normalized spacial score (nSPS) is 13.9. The van der Waals surface area contributed by atoms with E-state index in [4.69, 9.17) is 16.9 Å². The Balaban J connectivity index is 2.25. The maximum Gasteiger partial charge on any atom is 0.0741 e. The molecule has 3 aromatic rings. The number of benzene rings is 2. The lowest BCUT2D eigenvalue weighted by atomic mass is 10.3. The van der Waals surface area contributed by atoms with Crippen LogP contribution in [0.4, 0.5) is 0 Å². The van der Waals surface area contributed by atoms with Gasteiger partial charge in [-0.2, -0.15) is 5.10 Å². The molecule has 0 saturated heterocycles. The average Bonchev–Trinajstić information content (AvgIpc) is 2.90. The average molecular weight is 355 g/mol. The molecule has 1 heterocycles. The third kappa shape index (κ3) is 2.75. The van der Waals surface area contributed by atoms with Gasteiger partial charge >= 0.3 is 0 Å². The Labute approximate surface area is 149 Å². The van der Waals surface area contributed by atoms with E-state index in [0.29, 0.717) is 0 Å². The Morgan fingerprint density at radius 1 is 0.917 bits per heavy atom. The predicted octanol–water partition coefficient (Wildman–Crippen LogP) is 3.40. The monoisotopic (exact) mass is 355 g/mol. The molecule has 0 bridgehead atoms. The highest BCUT2D eigenvalue weighted by molar-refractivity contribution is 8.20. The van der Waals surface area contributed by atoms with Crippen LogP contribution in [0, 0.1) is 13.8 Å². The topological polar surface area (TPSA) is 21.1 Å². The summed E-state index contributed by atoms with van der Waals surface area (Å²) < 4.78 is 4.21. The molecule has 3 nitrogen and oxygen atoms in total. The van der Waals surface area contributed by atoms with Crippen LogP contribution in [0.3, 0.4) is 0 Å². The molecule has 3 rings (SSSR count). The highest BCUT2D eigenvalue weighted by Crippen LogP contribution is 2.47. The Bertz CT molecular complexity index is 886. The summed E-state index contributed by atoms with van der Waals surface area (Å²) in [6, 6.07) is 20.7. The number of para-hydroxylation sites is 1. The van der Waals surface area contributed by atoms with Gasteiger partial charge in [-0.15, -0.1) is 0 Å². The zero-order valence-corrected chi connectivity index (χ0v) is 16.2.